The summed E-state index contributed by atoms with van der Waals surface area (Å²) in [6, 6.07) is 4.30. The molecular formula is C18H25N5S2. The molecule has 0 saturated heterocycles. The van der Waals surface area contributed by atoms with E-state index >= 15 is 0 Å². The Bertz CT molecular complexity index is 760. The number of aromatic nitrogens is 5. The Balaban J connectivity index is 1.38. The molecule has 7 heteroatoms. The first-order valence-electron chi connectivity index (χ1n) is 8.76. The minimum atomic E-state index is 0.959. The topological polar surface area (TPSA) is 48.5 Å². The maximum Gasteiger partial charge on any atom is 0.191 e. The number of thiophene rings is 1. The lowest BCUT2D eigenvalue weighted by Gasteiger charge is -2.07. The third-order valence-corrected chi connectivity index (χ3v) is 6.08. The molecular weight excluding hydrogens is 350 g/mol. The molecule has 0 amide bonds. The van der Waals surface area contributed by atoms with Crippen LogP contribution in [0.3, 0.4) is 0 Å². The second-order valence-corrected chi connectivity index (χ2v) is 8.29. The summed E-state index contributed by atoms with van der Waals surface area (Å²) in [6.45, 7) is 6.09. The van der Waals surface area contributed by atoms with E-state index in [9.17, 15) is 0 Å². The Hall–Kier alpha value is -1.60. The smallest absolute Gasteiger partial charge is 0.191 e. The maximum atomic E-state index is 4.35. The van der Waals surface area contributed by atoms with Crippen LogP contribution in [0, 0.1) is 13.8 Å². The summed E-state index contributed by atoms with van der Waals surface area (Å²) in [7, 11) is 0. The molecule has 3 rings (SSSR count). The van der Waals surface area contributed by atoms with Crippen molar-refractivity contribution in [3.8, 4) is 0 Å². The van der Waals surface area contributed by atoms with E-state index in [-0.39, 0.29) is 0 Å². The molecule has 0 N–H and O–H groups in total. The number of aryl methyl sites for hydroxylation is 4. The first-order chi connectivity index (χ1) is 12.2. The van der Waals surface area contributed by atoms with Gasteiger partial charge >= 0.3 is 0 Å². The summed E-state index contributed by atoms with van der Waals surface area (Å²) in [5, 5.41) is 16.1. The van der Waals surface area contributed by atoms with Crippen molar-refractivity contribution in [1.29, 1.82) is 0 Å². The Morgan fingerprint density at radius 2 is 2.04 bits per heavy atom. The Kier molecular flexibility index (Phi) is 6.69. The largest absolute Gasteiger partial charge is 0.306 e. The lowest BCUT2D eigenvalue weighted by Crippen LogP contribution is -2.05. The van der Waals surface area contributed by atoms with Gasteiger partial charge in [-0.2, -0.15) is 5.10 Å². The van der Waals surface area contributed by atoms with Gasteiger partial charge in [-0.1, -0.05) is 24.2 Å². The zero-order valence-corrected chi connectivity index (χ0v) is 16.5. The van der Waals surface area contributed by atoms with Gasteiger partial charge in [0.15, 0.2) is 5.16 Å². The molecule has 25 heavy (non-hydrogen) atoms. The van der Waals surface area contributed by atoms with E-state index < -0.39 is 0 Å². The second-order valence-electron chi connectivity index (χ2n) is 6.20. The molecule has 0 saturated carbocycles. The third-order valence-electron chi connectivity index (χ3n) is 4.09. The van der Waals surface area contributed by atoms with Gasteiger partial charge in [-0.3, -0.25) is 4.68 Å². The number of nitrogens with zero attached hydrogens (tertiary/aromatic N) is 5. The fraction of sp³-hybridized carbons (Fsp3) is 0.500. The molecule has 0 aromatic carbocycles. The SMILES string of the molecule is Cc1cnn(CCCCCSc2nnc(C)n2CCc2cccs2)c1. The van der Waals surface area contributed by atoms with Crippen LogP contribution in [0.4, 0.5) is 0 Å². The monoisotopic (exact) mass is 375 g/mol. The molecule has 0 aliphatic carbocycles. The highest BCUT2D eigenvalue weighted by Gasteiger charge is 2.09. The summed E-state index contributed by atoms with van der Waals surface area (Å²) < 4.78 is 4.28. The minimum absolute atomic E-state index is 0.959. The van der Waals surface area contributed by atoms with Crippen LogP contribution in [0.5, 0.6) is 0 Å². The summed E-state index contributed by atoms with van der Waals surface area (Å²) in [6.07, 6.45) is 8.66. The Morgan fingerprint density at radius 3 is 2.80 bits per heavy atom. The van der Waals surface area contributed by atoms with Gasteiger partial charge in [0.25, 0.3) is 0 Å². The summed E-state index contributed by atoms with van der Waals surface area (Å²) in [5.74, 6) is 2.10. The van der Waals surface area contributed by atoms with Crippen molar-refractivity contribution in [1.82, 2.24) is 24.5 Å². The van der Waals surface area contributed by atoms with Crippen molar-refractivity contribution in [3.05, 3.63) is 46.2 Å². The predicted molar refractivity (Wildman–Crippen MR) is 104 cm³/mol. The van der Waals surface area contributed by atoms with Gasteiger partial charge in [0.2, 0.25) is 0 Å². The molecule has 3 aromatic rings. The molecule has 3 heterocycles. The van der Waals surface area contributed by atoms with E-state index in [2.05, 4.69) is 50.5 Å². The lowest BCUT2D eigenvalue weighted by atomic mass is 10.2. The van der Waals surface area contributed by atoms with Crippen LogP contribution in [-0.2, 0) is 19.5 Å². The standard InChI is InChI=1S/C18H25N5S2/c1-15-13-19-22(14-15)9-4-3-5-11-25-18-21-20-16(2)23(18)10-8-17-7-6-12-24-17/h6-7,12-14H,3-5,8-11H2,1-2H3. The molecule has 5 nitrogen and oxygen atoms in total. The third kappa shape index (κ3) is 5.44. The molecule has 0 radical (unpaired) electrons. The van der Waals surface area contributed by atoms with Crippen LogP contribution in [0.1, 0.15) is 35.5 Å². The number of hydrogen-bond donors (Lipinski definition) is 0. The highest BCUT2D eigenvalue weighted by Crippen LogP contribution is 2.20. The van der Waals surface area contributed by atoms with Crippen LogP contribution >= 0.6 is 23.1 Å². The number of hydrogen-bond acceptors (Lipinski definition) is 5. The van der Waals surface area contributed by atoms with Crippen molar-refractivity contribution >= 4 is 23.1 Å². The van der Waals surface area contributed by atoms with E-state index in [1.54, 1.807) is 0 Å². The van der Waals surface area contributed by atoms with Gasteiger partial charge in [-0.25, -0.2) is 0 Å². The van der Waals surface area contributed by atoms with Crippen molar-refractivity contribution in [2.45, 2.75) is 57.8 Å². The molecule has 0 fully saturated rings. The fourth-order valence-electron chi connectivity index (χ4n) is 2.71. The molecule has 0 aliphatic rings. The van der Waals surface area contributed by atoms with Crippen molar-refractivity contribution in [2.75, 3.05) is 5.75 Å². The zero-order valence-electron chi connectivity index (χ0n) is 14.9. The lowest BCUT2D eigenvalue weighted by molar-refractivity contribution is 0.554. The van der Waals surface area contributed by atoms with E-state index in [1.807, 2.05) is 40.9 Å². The number of unbranched alkanes of at least 4 members (excludes halogenated alkanes) is 2. The molecule has 0 bridgehead atoms. The van der Waals surface area contributed by atoms with Crippen LogP contribution in [0.15, 0.2) is 35.1 Å². The molecule has 0 atom stereocenters. The minimum Gasteiger partial charge on any atom is -0.306 e. The van der Waals surface area contributed by atoms with Gasteiger partial charge in [0.05, 0.1) is 6.20 Å². The summed E-state index contributed by atoms with van der Waals surface area (Å²) >= 11 is 3.64. The van der Waals surface area contributed by atoms with E-state index in [1.165, 1.54) is 29.7 Å². The average Bonchev–Trinajstić information content (AvgIpc) is 3.32. The fourth-order valence-corrected chi connectivity index (χ4v) is 4.41. The summed E-state index contributed by atoms with van der Waals surface area (Å²) in [4.78, 5) is 1.41. The summed E-state index contributed by atoms with van der Waals surface area (Å²) in [5.41, 5.74) is 1.23. The van der Waals surface area contributed by atoms with Crippen LogP contribution in [0.25, 0.3) is 0 Å². The zero-order chi connectivity index (χ0) is 17.5. The predicted octanol–water partition coefficient (Wildman–Crippen LogP) is 4.36. The van der Waals surface area contributed by atoms with Crippen LogP contribution in [-0.4, -0.2) is 30.3 Å². The molecule has 0 spiro atoms. The highest BCUT2D eigenvalue weighted by molar-refractivity contribution is 7.99. The van der Waals surface area contributed by atoms with E-state index in [4.69, 9.17) is 0 Å². The Labute approximate surface area is 157 Å². The maximum absolute atomic E-state index is 4.35. The molecule has 0 aliphatic heterocycles. The average molecular weight is 376 g/mol. The van der Waals surface area contributed by atoms with Gasteiger partial charge < -0.3 is 4.57 Å². The van der Waals surface area contributed by atoms with E-state index in [0.717, 1.165) is 36.2 Å². The van der Waals surface area contributed by atoms with Gasteiger partial charge in [0.1, 0.15) is 5.82 Å². The molecule has 3 aromatic heterocycles. The quantitative estimate of drug-likeness (QED) is 0.390. The molecule has 134 valence electrons. The van der Waals surface area contributed by atoms with Gasteiger partial charge in [-0.05, 0) is 50.1 Å². The number of thioether (sulfide) groups is 1. The first-order valence-corrected chi connectivity index (χ1v) is 10.6. The van der Waals surface area contributed by atoms with Crippen molar-refractivity contribution < 1.29 is 0 Å². The highest BCUT2D eigenvalue weighted by atomic mass is 32.2. The van der Waals surface area contributed by atoms with Crippen LogP contribution < -0.4 is 0 Å². The van der Waals surface area contributed by atoms with E-state index in [0.29, 0.717) is 0 Å². The van der Waals surface area contributed by atoms with Gasteiger partial charge in [-0.15, -0.1) is 21.5 Å². The van der Waals surface area contributed by atoms with Crippen LogP contribution in [0.2, 0.25) is 0 Å². The van der Waals surface area contributed by atoms with Gasteiger partial charge in [0, 0.05) is 29.9 Å². The van der Waals surface area contributed by atoms with Crippen molar-refractivity contribution in [2.24, 2.45) is 0 Å². The number of rotatable bonds is 10. The first kappa shape index (κ1) is 18.2. The molecule has 0 unspecified atom stereocenters. The normalized spacial score (nSPS) is 11.3. The second kappa shape index (κ2) is 9.20. The van der Waals surface area contributed by atoms with Crippen molar-refractivity contribution in [3.63, 3.8) is 0 Å². The Morgan fingerprint density at radius 1 is 1.12 bits per heavy atom.